The largest absolute Gasteiger partial charge is 0.508 e. The molecule has 0 unspecified atom stereocenters. The molecule has 0 amide bonds. The van der Waals surface area contributed by atoms with Crippen LogP contribution in [-0.4, -0.2) is 16.3 Å². The van der Waals surface area contributed by atoms with Gasteiger partial charge in [0, 0.05) is 0 Å². The lowest BCUT2D eigenvalue weighted by atomic mass is 10.0. The Labute approximate surface area is 71.5 Å². The van der Waals surface area contributed by atoms with E-state index in [0.29, 0.717) is 5.56 Å². The average molecular weight is 168 g/mol. The van der Waals surface area contributed by atoms with E-state index in [0.717, 1.165) is 0 Å². The first-order valence-electron chi connectivity index (χ1n) is 3.91. The van der Waals surface area contributed by atoms with Crippen molar-refractivity contribution in [3.8, 4) is 5.75 Å². The highest BCUT2D eigenvalue weighted by molar-refractivity contribution is 5.28. The minimum Gasteiger partial charge on any atom is -0.508 e. The molecule has 0 saturated heterocycles. The zero-order valence-electron chi connectivity index (χ0n) is 7.07. The van der Waals surface area contributed by atoms with Crippen LogP contribution in [0.25, 0.3) is 0 Å². The summed E-state index contributed by atoms with van der Waals surface area (Å²) >= 11 is 0. The van der Waals surface area contributed by atoms with E-state index in [2.05, 4.69) is 5.73 Å². The van der Waals surface area contributed by atoms with Gasteiger partial charge in [0.25, 0.3) is 0 Å². The minimum atomic E-state index is -0.600. The third-order valence-corrected chi connectivity index (χ3v) is 1.75. The maximum absolute atomic E-state index is 9.55. The van der Waals surface area contributed by atoms with E-state index in [9.17, 15) is 5.11 Å². The second-order valence-corrected chi connectivity index (χ2v) is 3.02. The van der Waals surface area contributed by atoms with E-state index < -0.39 is 6.10 Å². The monoisotopic (exact) mass is 168 g/mol. The number of phenols is 1. The maximum Gasteiger partial charge on any atom is 0.130 e. The molecule has 0 bridgehead atoms. The zero-order valence-corrected chi connectivity index (χ0v) is 7.07. The van der Waals surface area contributed by atoms with Gasteiger partial charge in [-0.1, -0.05) is 12.1 Å². The van der Waals surface area contributed by atoms with Crippen LogP contribution < -0.4 is 5.73 Å². The number of phenolic OH excluding ortho intramolecular Hbond substituents is 1. The lowest BCUT2D eigenvalue weighted by Crippen LogP contribution is -2.61. The quantitative estimate of drug-likeness (QED) is 0.584. The van der Waals surface area contributed by atoms with E-state index in [1.54, 1.807) is 24.3 Å². The molecule has 12 heavy (non-hydrogen) atoms. The topological polar surface area (TPSA) is 68.1 Å². The number of aromatic hydroxyl groups is 1. The molecule has 1 aromatic carbocycles. The highest BCUT2D eigenvalue weighted by Crippen LogP contribution is 2.18. The second kappa shape index (κ2) is 3.56. The van der Waals surface area contributed by atoms with Crippen LogP contribution in [0.5, 0.6) is 5.75 Å². The third kappa shape index (κ3) is 1.96. The van der Waals surface area contributed by atoms with Crippen LogP contribution in [0.2, 0.25) is 0 Å². The summed E-state index contributed by atoms with van der Waals surface area (Å²) in [5, 5.41) is 18.7. The molecule has 1 rings (SSSR count). The Morgan fingerprint density at radius 2 is 2.08 bits per heavy atom. The van der Waals surface area contributed by atoms with Crippen molar-refractivity contribution < 1.29 is 15.9 Å². The Hall–Kier alpha value is -1.06. The molecule has 0 aromatic heterocycles. The smallest absolute Gasteiger partial charge is 0.130 e. The van der Waals surface area contributed by atoms with Gasteiger partial charge in [-0.15, -0.1) is 0 Å². The van der Waals surface area contributed by atoms with Gasteiger partial charge >= 0.3 is 0 Å². The van der Waals surface area contributed by atoms with Crippen LogP contribution in [0.4, 0.5) is 0 Å². The van der Waals surface area contributed by atoms with E-state index in [1.165, 1.54) is 0 Å². The Bertz CT molecular complexity index is 260. The first-order valence-corrected chi connectivity index (χ1v) is 3.91. The lowest BCUT2D eigenvalue weighted by Gasteiger charge is -2.11. The summed E-state index contributed by atoms with van der Waals surface area (Å²) in [4.78, 5) is 0. The van der Waals surface area contributed by atoms with Gasteiger partial charge in [-0.25, -0.2) is 0 Å². The lowest BCUT2D eigenvalue weighted by molar-refractivity contribution is -0.433. The standard InChI is InChI=1S/C9H13NO2/c1-6(10)9(12)7-3-2-4-8(11)5-7/h2-6,9,11-12H,10H2,1H3/p+1/t6-,9+/m0/s1. The number of aliphatic hydroxyl groups excluding tert-OH is 1. The number of rotatable bonds is 2. The van der Waals surface area contributed by atoms with Crippen molar-refractivity contribution in [3.05, 3.63) is 29.8 Å². The summed E-state index contributed by atoms with van der Waals surface area (Å²) in [5.41, 5.74) is 4.42. The molecule has 3 nitrogen and oxygen atoms in total. The summed E-state index contributed by atoms with van der Waals surface area (Å²) in [7, 11) is 0. The number of aliphatic hydroxyl groups is 1. The van der Waals surface area contributed by atoms with E-state index in [-0.39, 0.29) is 11.8 Å². The Morgan fingerprint density at radius 3 is 2.58 bits per heavy atom. The molecule has 0 aliphatic carbocycles. The van der Waals surface area contributed by atoms with Crippen molar-refractivity contribution in [1.29, 1.82) is 0 Å². The molecule has 0 heterocycles. The zero-order chi connectivity index (χ0) is 9.14. The highest BCUT2D eigenvalue weighted by atomic mass is 16.3. The van der Waals surface area contributed by atoms with Crippen LogP contribution in [0.1, 0.15) is 18.6 Å². The van der Waals surface area contributed by atoms with Crippen molar-refractivity contribution >= 4 is 0 Å². The van der Waals surface area contributed by atoms with Gasteiger partial charge in [-0.3, -0.25) is 0 Å². The first-order chi connectivity index (χ1) is 5.61. The van der Waals surface area contributed by atoms with Crippen LogP contribution >= 0.6 is 0 Å². The van der Waals surface area contributed by atoms with Crippen molar-refractivity contribution in [1.82, 2.24) is 0 Å². The van der Waals surface area contributed by atoms with Gasteiger partial charge in [-0.05, 0) is 24.6 Å². The molecule has 1 aromatic rings. The minimum absolute atomic E-state index is 0.0770. The number of hydrogen-bond acceptors (Lipinski definition) is 2. The van der Waals surface area contributed by atoms with Crippen molar-refractivity contribution in [3.63, 3.8) is 0 Å². The van der Waals surface area contributed by atoms with Gasteiger partial charge < -0.3 is 15.9 Å². The van der Waals surface area contributed by atoms with Gasteiger partial charge in [0.2, 0.25) is 0 Å². The van der Waals surface area contributed by atoms with Crippen LogP contribution in [0.15, 0.2) is 24.3 Å². The van der Waals surface area contributed by atoms with Crippen LogP contribution in [-0.2, 0) is 0 Å². The fourth-order valence-corrected chi connectivity index (χ4v) is 1.04. The molecule has 66 valence electrons. The van der Waals surface area contributed by atoms with Crippen molar-refractivity contribution in [2.45, 2.75) is 19.1 Å². The summed E-state index contributed by atoms with van der Waals surface area (Å²) < 4.78 is 0. The van der Waals surface area contributed by atoms with Gasteiger partial charge in [0.05, 0.1) is 0 Å². The number of benzene rings is 1. The number of quaternary nitrogens is 1. The molecule has 3 heteroatoms. The maximum atomic E-state index is 9.55. The van der Waals surface area contributed by atoms with E-state index in [1.807, 2.05) is 6.92 Å². The highest BCUT2D eigenvalue weighted by Gasteiger charge is 2.14. The second-order valence-electron chi connectivity index (χ2n) is 3.02. The molecule has 0 saturated carbocycles. The third-order valence-electron chi connectivity index (χ3n) is 1.75. The molecule has 0 aliphatic rings. The summed E-state index contributed by atoms with van der Waals surface area (Å²) in [6.45, 7) is 1.83. The molecule has 5 N–H and O–H groups in total. The fraction of sp³-hybridized carbons (Fsp3) is 0.333. The molecular formula is C9H14NO2+. The molecular weight excluding hydrogens is 154 g/mol. The Morgan fingerprint density at radius 1 is 1.42 bits per heavy atom. The first kappa shape index (κ1) is 9.03. The summed E-state index contributed by atoms with van der Waals surface area (Å²) in [5.74, 6) is 0.173. The molecule has 2 atom stereocenters. The van der Waals surface area contributed by atoms with Gasteiger partial charge in [0.1, 0.15) is 17.9 Å². The molecule has 0 radical (unpaired) electrons. The Balaban J connectivity index is 2.88. The fourth-order valence-electron chi connectivity index (χ4n) is 1.04. The number of hydrogen-bond donors (Lipinski definition) is 3. The van der Waals surface area contributed by atoms with Gasteiger partial charge in [-0.2, -0.15) is 0 Å². The van der Waals surface area contributed by atoms with Crippen LogP contribution in [0.3, 0.4) is 0 Å². The molecule has 0 spiro atoms. The normalized spacial score (nSPS) is 15.6. The average Bonchev–Trinajstić information content (AvgIpc) is 2.03. The predicted molar refractivity (Wildman–Crippen MR) is 45.4 cm³/mol. The van der Waals surface area contributed by atoms with Crippen LogP contribution in [0, 0.1) is 0 Å². The van der Waals surface area contributed by atoms with E-state index in [4.69, 9.17) is 5.11 Å². The van der Waals surface area contributed by atoms with Gasteiger partial charge in [0.15, 0.2) is 0 Å². The van der Waals surface area contributed by atoms with Crippen molar-refractivity contribution in [2.24, 2.45) is 0 Å². The Kier molecular flexibility index (Phi) is 2.68. The summed E-state index contributed by atoms with van der Waals surface area (Å²) in [6.07, 6.45) is -0.600. The molecule has 0 aliphatic heterocycles. The predicted octanol–water partition coefficient (Wildman–Crippen LogP) is 0.0560. The van der Waals surface area contributed by atoms with E-state index >= 15 is 0 Å². The van der Waals surface area contributed by atoms with Crippen molar-refractivity contribution in [2.75, 3.05) is 0 Å². The SMILES string of the molecule is C[C@H]([NH3+])[C@@H](O)c1cccc(O)c1. The molecule has 0 fully saturated rings. The summed E-state index contributed by atoms with van der Waals surface area (Å²) in [6, 6.07) is 6.52.